The molecule has 0 saturated heterocycles. The molecule has 3 aromatic carbocycles. The minimum atomic E-state index is -0.310. The van der Waals surface area contributed by atoms with Crippen LogP contribution in [0.2, 0.25) is 0 Å². The molecule has 0 N–H and O–H groups in total. The zero-order chi connectivity index (χ0) is 43.1. The second kappa shape index (κ2) is 25.4. The number of aromatic nitrogens is 2. The molecule has 5 rings (SSSR count). The normalized spacial score (nSPS) is 11.5. The average molecular weight is 958 g/mol. The van der Waals surface area contributed by atoms with Gasteiger partial charge in [-0.05, 0) is 64.0 Å². The van der Waals surface area contributed by atoms with Crippen LogP contribution in [0.25, 0.3) is 43.5 Å². The number of imidazole rings is 1. The molecule has 0 aliphatic carbocycles. The molecule has 1 atom stereocenters. The van der Waals surface area contributed by atoms with Crippen LogP contribution in [0, 0.1) is 0 Å². The summed E-state index contributed by atoms with van der Waals surface area (Å²) in [6.07, 6.45) is 2.91. The summed E-state index contributed by atoms with van der Waals surface area (Å²) < 4.78 is 14.3. The molecule has 0 aliphatic rings. The van der Waals surface area contributed by atoms with Crippen LogP contribution in [-0.2, 0) is 39.3 Å². The van der Waals surface area contributed by atoms with Gasteiger partial charge >= 0.3 is 0 Å². The van der Waals surface area contributed by atoms with E-state index in [2.05, 4.69) is 146 Å². The number of methoxy groups -OCH3 is 1. The van der Waals surface area contributed by atoms with Crippen molar-refractivity contribution in [1.82, 2.24) is 9.55 Å². The number of para-hydroxylation sites is 2. The first kappa shape index (κ1) is 52.8. The summed E-state index contributed by atoms with van der Waals surface area (Å²) >= 11 is 0. The van der Waals surface area contributed by atoms with E-state index in [-0.39, 0.29) is 31.9 Å². The van der Waals surface area contributed by atoms with E-state index >= 15 is 0 Å². The standard InChI is InChI=1S/C43H56N3O2.3C2H6N.Hf/c1-14-36-39(32-19-16-20-37(47-13)42(32)48-36)35-23-46(12)43(44-35)41(45-40-30(25(4)5)17-15-18-31(40)26(6)7)38-33(27(8)9)21-29(24(2)3)22-34(38)28(10)11;3*1-3-2;/h15-28,41H,14H2,1-13H3;3*1-2H3;/q4*-1;. The van der Waals surface area contributed by atoms with Gasteiger partial charge in [-0.1, -0.05) is 130 Å². The van der Waals surface area contributed by atoms with Crippen molar-refractivity contribution < 1.29 is 35.0 Å². The zero-order valence-corrected chi connectivity index (χ0v) is 43.0. The number of benzene rings is 3. The molecule has 0 fully saturated rings. The summed E-state index contributed by atoms with van der Waals surface area (Å²) in [5.74, 6) is 4.29. The Morgan fingerprint density at radius 1 is 0.690 bits per heavy atom. The van der Waals surface area contributed by atoms with Crippen molar-refractivity contribution >= 4 is 16.7 Å². The third kappa shape index (κ3) is 12.9. The number of furan rings is 1. The maximum Gasteiger partial charge on any atom is 0.176 e. The quantitative estimate of drug-likeness (QED) is 0.117. The van der Waals surface area contributed by atoms with Gasteiger partial charge in [-0.15, -0.1) is 5.69 Å². The Labute approximate surface area is 371 Å². The van der Waals surface area contributed by atoms with Gasteiger partial charge in [-0.2, -0.15) is 42.3 Å². The largest absolute Gasteiger partial charge is 0.671 e. The fourth-order valence-electron chi connectivity index (χ4n) is 7.06. The second-order valence-electron chi connectivity index (χ2n) is 16.2. The maximum absolute atomic E-state index is 6.44. The summed E-state index contributed by atoms with van der Waals surface area (Å²) in [4.78, 5) is 5.52. The molecular formula is C49H74HfN6O2-4. The van der Waals surface area contributed by atoms with Gasteiger partial charge in [0.1, 0.15) is 5.76 Å². The summed E-state index contributed by atoms with van der Waals surface area (Å²) in [6.45, 7) is 25.1. The number of rotatable bonds is 12. The van der Waals surface area contributed by atoms with Crippen LogP contribution < -0.4 is 4.74 Å². The Balaban J connectivity index is 0.00000154. The molecular weight excluding hydrogens is 883 g/mol. The minimum absolute atomic E-state index is 0. The van der Waals surface area contributed by atoms with E-state index < -0.39 is 0 Å². The van der Waals surface area contributed by atoms with Crippen LogP contribution in [-0.4, -0.2) is 58.9 Å². The monoisotopic (exact) mass is 959 g/mol. The number of ether oxygens (including phenoxy) is 1. The smallest absolute Gasteiger partial charge is 0.176 e. The van der Waals surface area contributed by atoms with Gasteiger partial charge in [-0.25, -0.2) is 4.98 Å². The molecule has 320 valence electrons. The van der Waals surface area contributed by atoms with E-state index in [9.17, 15) is 0 Å². The third-order valence-electron chi connectivity index (χ3n) is 9.76. The molecule has 9 heteroatoms. The summed E-state index contributed by atoms with van der Waals surface area (Å²) in [7, 11) is 14.3. The Hall–Kier alpha value is -3.24. The Morgan fingerprint density at radius 2 is 1.16 bits per heavy atom. The predicted octanol–water partition coefficient (Wildman–Crippen LogP) is 14.7. The second-order valence-corrected chi connectivity index (χ2v) is 16.2. The van der Waals surface area contributed by atoms with E-state index in [0.717, 1.165) is 51.7 Å². The number of nitrogens with zero attached hydrogens (tertiary/aromatic N) is 6. The molecule has 0 spiro atoms. The summed E-state index contributed by atoms with van der Waals surface area (Å²) in [5.41, 5.74) is 11.7. The first-order valence-electron chi connectivity index (χ1n) is 20.6. The first-order chi connectivity index (χ1) is 27.0. The molecule has 2 aromatic heterocycles. The van der Waals surface area contributed by atoms with Crippen LogP contribution in [0.4, 0.5) is 5.69 Å². The molecule has 2 heterocycles. The fraction of sp³-hybridized carbons (Fsp3) is 0.531. The zero-order valence-electron chi connectivity index (χ0n) is 39.4. The van der Waals surface area contributed by atoms with Crippen LogP contribution in [0.5, 0.6) is 5.75 Å². The number of aryl methyl sites for hydroxylation is 2. The molecule has 8 nitrogen and oxygen atoms in total. The Bertz CT molecular complexity index is 1900. The molecule has 0 bridgehead atoms. The van der Waals surface area contributed by atoms with Crippen molar-refractivity contribution in [1.29, 1.82) is 0 Å². The van der Waals surface area contributed by atoms with E-state index in [1.54, 1.807) is 49.4 Å². The molecule has 5 aromatic rings. The van der Waals surface area contributed by atoms with E-state index in [1.807, 2.05) is 12.1 Å². The maximum atomic E-state index is 6.44. The average Bonchev–Trinajstić information content (AvgIpc) is 3.73. The van der Waals surface area contributed by atoms with Gasteiger partial charge < -0.3 is 35.0 Å². The topological polar surface area (TPSA) is 96.6 Å². The molecule has 0 amide bonds. The third-order valence-corrected chi connectivity index (χ3v) is 9.76. The van der Waals surface area contributed by atoms with Gasteiger partial charge in [0.25, 0.3) is 0 Å². The van der Waals surface area contributed by atoms with Crippen molar-refractivity contribution in [3.63, 3.8) is 0 Å². The molecule has 1 unspecified atom stereocenters. The number of hydrogen-bond acceptors (Lipinski definition) is 3. The number of fused-ring (bicyclic) bond motifs is 1. The van der Waals surface area contributed by atoms with Crippen LogP contribution in [0.1, 0.15) is 157 Å². The van der Waals surface area contributed by atoms with E-state index in [4.69, 9.17) is 19.5 Å². The Kier molecular flexibility index (Phi) is 23.1. The fourth-order valence-corrected chi connectivity index (χ4v) is 7.06. The van der Waals surface area contributed by atoms with Crippen LogP contribution in [0.15, 0.2) is 59.1 Å². The Morgan fingerprint density at radius 3 is 1.57 bits per heavy atom. The van der Waals surface area contributed by atoms with Crippen molar-refractivity contribution in [3.05, 3.63) is 121 Å². The van der Waals surface area contributed by atoms with Gasteiger partial charge in [0.05, 0.1) is 24.2 Å². The SMILES string of the molecule is CCc1oc2c(OC)cccc2c1-c1cn(C)c(C([N-]c2c(C(C)C)cccc2C(C)C)c2c(C(C)C)cc(C(C)C)cc2C(C)C)n1.C[N-]C.C[N-]C.C[N-]C.[Hf]. The minimum Gasteiger partial charge on any atom is -0.671 e. The predicted molar refractivity (Wildman–Crippen MR) is 248 cm³/mol. The summed E-state index contributed by atoms with van der Waals surface area (Å²) in [5, 5.41) is 17.4. The van der Waals surface area contributed by atoms with Crippen LogP contribution >= 0.6 is 0 Å². The van der Waals surface area contributed by atoms with Crippen molar-refractivity contribution in [2.75, 3.05) is 49.4 Å². The van der Waals surface area contributed by atoms with Crippen molar-refractivity contribution in [2.45, 2.75) is 118 Å². The van der Waals surface area contributed by atoms with E-state index in [1.165, 1.54) is 33.4 Å². The molecule has 58 heavy (non-hydrogen) atoms. The molecule has 0 radical (unpaired) electrons. The molecule has 0 aliphatic heterocycles. The van der Waals surface area contributed by atoms with Gasteiger partial charge in [0.2, 0.25) is 0 Å². The summed E-state index contributed by atoms with van der Waals surface area (Å²) in [6, 6.07) is 17.3. The first-order valence-corrected chi connectivity index (χ1v) is 20.6. The van der Waals surface area contributed by atoms with Crippen LogP contribution in [0.3, 0.4) is 0 Å². The van der Waals surface area contributed by atoms with Crippen molar-refractivity contribution in [2.24, 2.45) is 7.05 Å². The number of hydrogen-bond donors (Lipinski definition) is 0. The van der Waals surface area contributed by atoms with Gasteiger partial charge in [0, 0.05) is 50.9 Å². The molecule has 0 saturated carbocycles. The van der Waals surface area contributed by atoms with Gasteiger partial charge in [0.15, 0.2) is 11.3 Å². The van der Waals surface area contributed by atoms with Gasteiger partial charge in [-0.3, -0.25) is 0 Å². The van der Waals surface area contributed by atoms with Crippen molar-refractivity contribution in [3.8, 4) is 17.0 Å². The van der Waals surface area contributed by atoms with E-state index in [0.29, 0.717) is 29.6 Å².